The van der Waals surface area contributed by atoms with Crippen LogP contribution in [0.25, 0.3) is 22.4 Å². The van der Waals surface area contributed by atoms with Crippen LogP contribution in [-0.2, 0) is 16.0 Å². The molecule has 7 nitrogen and oxygen atoms in total. The van der Waals surface area contributed by atoms with Gasteiger partial charge in [-0.2, -0.15) is 5.10 Å². The van der Waals surface area contributed by atoms with E-state index in [2.05, 4.69) is 20.5 Å². The topological polar surface area (TPSA) is 99.9 Å². The van der Waals surface area contributed by atoms with E-state index in [1.54, 1.807) is 45.3 Å². The number of ether oxygens (including phenoxy) is 1. The van der Waals surface area contributed by atoms with Crippen molar-refractivity contribution in [3.8, 4) is 22.4 Å². The molecule has 2 heterocycles. The second kappa shape index (κ2) is 10.2. The zero-order valence-corrected chi connectivity index (χ0v) is 20.5. The Bertz CT molecular complexity index is 1320. The Labute approximate surface area is 208 Å². The SMILES string of the molecule is CC(C)(C)OC(=O)C(Cc1ccccc1)NC(=O)c1cc(-c2[nH]ncc2-c2cccc(Cl)c2)c[nH]1. The van der Waals surface area contributed by atoms with E-state index in [4.69, 9.17) is 16.3 Å². The number of amides is 1. The maximum Gasteiger partial charge on any atom is 0.329 e. The lowest BCUT2D eigenvalue weighted by Crippen LogP contribution is -2.45. The molecule has 3 N–H and O–H groups in total. The van der Waals surface area contributed by atoms with E-state index in [-0.39, 0.29) is 0 Å². The standard InChI is InChI=1S/C27H27ClN4O3/c1-27(2,3)35-26(34)23(12-17-8-5-4-6-9-17)31-25(33)22-14-19(15-29-22)24-21(16-30-32-24)18-10-7-11-20(28)13-18/h4-11,13-16,23,29H,12H2,1-3H3,(H,30,32)(H,31,33). The number of nitrogens with one attached hydrogen (secondary N) is 3. The van der Waals surface area contributed by atoms with Crippen LogP contribution in [0, 0.1) is 0 Å². The molecule has 4 rings (SSSR count). The van der Waals surface area contributed by atoms with Gasteiger partial charge in [0.05, 0.1) is 11.9 Å². The van der Waals surface area contributed by atoms with Gasteiger partial charge in [-0.1, -0.05) is 54.1 Å². The van der Waals surface area contributed by atoms with Crippen LogP contribution in [0.4, 0.5) is 0 Å². The average molecular weight is 491 g/mol. The number of aromatic amines is 2. The Hall–Kier alpha value is -3.84. The van der Waals surface area contributed by atoms with E-state index >= 15 is 0 Å². The van der Waals surface area contributed by atoms with Crippen molar-refractivity contribution in [2.45, 2.75) is 38.8 Å². The molecule has 2 aromatic carbocycles. The molecule has 0 aliphatic heterocycles. The maximum atomic E-state index is 13.1. The molecule has 0 fully saturated rings. The third kappa shape index (κ3) is 6.19. The third-order valence-electron chi connectivity index (χ3n) is 5.27. The fourth-order valence-corrected chi connectivity index (χ4v) is 3.89. The van der Waals surface area contributed by atoms with Gasteiger partial charge in [-0.05, 0) is 50.1 Å². The minimum absolute atomic E-state index is 0.313. The van der Waals surface area contributed by atoms with Crippen molar-refractivity contribution < 1.29 is 14.3 Å². The number of hydrogen-bond donors (Lipinski definition) is 3. The molecule has 1 atom stereocenters. The summed E-state index contributed by atoms with van der Waals surface area (Å²) in [5.74, 6) is -0.898. The smallest absolute Gasteiger partial charge is 0.329 e. The predicted octanol–water partition coefficient (Wildman–Crippen LogP) is 5.41. The summed E-state index contributed by atoms with van der Waals surface area (Å²) >= 11 is 6.15. The molecular formula is C27H27ClN4O3. The van der Waals surface area contributed by atoms with Crippen molar-refractivity contribution in [2.24, 2.45) is 0 Å². The summed E-state index contributed by atoms with van der Waals surface area (Å²) in [7, 11) is 0. The fourth-order valence-electron chi connectivity index (χ4n) is 3.70. The van der Waals surface area contributed by atoms with Gasteiger partial charge in [-0.3, -0.25) is 9.89 Å². The van der Waals surface area contributed by atoms with E-state index in [1.165, 1.54) is 0 Å². The van der Waals surface area contributed by atoms with Gasteiger partial charge in [0.1, 0.15) is 17.3 Å². The predicted molar refractivity (Wildman–Crippen MR) is 136 cm³/mol. The van der Waals surface area contributed by atoms with E-state index in [0.717, 1.165) is 27.9 Å². The summed E-state index contributed by atoms with van der Waals surface area (Å²) in [6.07, 6.45) is 3.75. The van der Waals surface area contributed by atoms with Crippen molar-refractivity contribution in [1.29, 1.82) is 0 Å². The number of halogens is 1. The highest BCUT2D eigenvalue weighted by molar-refractivity contribution is 6.30. The Morgan fingerprint density at radius 3 is 2.54 bits per heavy atom. The Balaban J connectivity index is 1.55. The average Bonchev–Trinajstić information content (AvgIpc) is 3.48. The Kier molecular flexibility index (Phi) is 7.07. The molecule has 1 amide bonds. The van der Waals surface area contributed by atoms with Crippen LogP contribution in [-0.4, -0.2) is 38.7 Å². The van der Waals surface area contributed by atoms with Crippen molar-refractivity contribution >= 4 is 23.5 Å². The van der Waals surface area contributed by atoms with Gasteiger partial charge in [-0.25, -0.2) is 4.79 Å². The number of H-pyrrole nitrogens is 2. The van der Waals surface area contributed by atoms with Gasteiger partial charge < -0.3 is 15.0 Å². The first kappa shape index (κ1) is 24.3. The largest absolute Gasteiger partial charge is 0.458 e. The van der Waals surface area contributed by atoms with E-state index < -0.39 is 23.5 Å². The van der Waals surface area contributed by atoms with E-state index in [1.807, 2.05) is 48.5 Å². The molecule has 0 radical (unpaired) electrons. The summed E-state index contributed by atoms with van der Waals surface area (Å²) in [5.41, 5.74) is 3.81. The van der Waals surface area contributed by atoms with Gasteiger partial charge in [0.2, 0.25) is 0 Å². The molecular weight excluding hydrogens is 464 g/mol. The first-order valence-corrected chi connectivity index (χ1v) is 11.6. The molecule has 0 saturated heterocycles. The van der Waals surface area contributed by atoms with Crippen molar-refractivity contribution in [3.05, 3.63) is 89.3 Å². The van der Waals surface area contributed by atoms with Gasteiger partial charge in [0, 0.05) is 28.8 Å². The summed E-state index contributed by atoms with van der Waals surface area (Å²) in [4.78, 5) is 29.0. The van der Waals surface area contributed by atoms with Crippen molar-refractivity contribution in [1.82, 2.24) is 20.5 Å². The lowest BCUT2D eigenvalue weighted by atomic mass is 10.0. The quantitative estimate of drug-likeness (QED) is 0.302. The molecule has 0 bridgehead atoms. The van der Waals surface area contributed by atoms with E-state index in [9.17, 15) is 9.59 Å². The van der Waals surface area contributed by atoms with Crippen LogP contribution < -0.4 is 5.32 Å². The molecule has 0 aliphatic rings. The summed E-state index contributed by atoms with van der Waals surface area (Å²) in [6, 6.07) is 17.8. The summed E-state index contributed by atoms with van der Waals surface area (Å²) in [5, 5.41) is 10.6. The zero-order valence-electron chi connectivity index (χ0n) is 19.8. The molecule has 2 aromatic heterocycles. The molecule has 4 aromatic rings. The monoisotopic (exact) mass is 490 g/mol. The molecule has 8 heteroatoms. The number of nitrogens with zero attached hydrogens (tertiary/aromatic N) is 1. The Morgan fingerprint density at radius 2 is 1.83 bits per heavy atom. The number of hydrogen-bond acceptors (Lipinski definition) is 4. The first-order valence-electron chi connectivity index (χ1n) is 11.3. The molecule has 0 spiro atoms. The molecule has 0 saturated carbocycles. The number of aromatic nitrogens is 3. The number of carbonyl (C=O) groups excluding carboxylic acids is 2. The second-order valence-electron chi connectivity index (χ2n) is 9.22. The number of carbonyl (C=O) groups is 2. The number of rotatable bonds is 7. The third-order valence-corrected chi connectivity index (χ3v) is 5.51. The minimum Gasteiger partial charge on any atom is -0.458 e. The second-order valence-corrected chi connectivity index (χ2v) is 9.66. The summed E-state index contributed by atoms with van der Waals surface area (Å²) < 4.78 is 5.56. The molecule has 35 heavy (non-hydrogen) atoms. The van der Waals surface area contributed by atoms with Crippen LogP contribution in [0.1, 0.15) is 36.8 Å². The van der Waals surface area contributed by atoms with Gasteiger partial charge in [0.15, 0.2) is 0 Å². The fraction of sp³-hybridized carbons (Fsp3) is 0.222. The number of esters is 1. The first-order chi connectivity index (χ1) is 16.7. The minimum atomic E-state index is -0.843. The zero-order chi connectivity index (χ0) is 25.0. The van der Waals surface area contributed by atoms with Crippen molar-refractivity contribution in [2.75, 3.05) is 0 Å². The van der Waals surface area contributed by atoms with Crippen LogP contribution >= 0.6 is 11.6 Å². The van der Waals surface area contributed by atoms with Crippen LogP contribution in [0.2, 0.25) is 5.02 Å². The maximum absolute atomic E-state index is 13.1. The Morgan fingerprint density at radius 1 is 1.06 bits per heavy atom. The highest BCUT2D eigenvalue weighted by Crippen LogP contribution is 2.31. The van der Waals surface area contributed by atoms with Crippen LogP contribution in [0.3, 0.4) is 0 Å². The van der Waals surface area contributed by atoms with Crippen LogP contribution in [0.5, 0.6) is 0 Å². The van der Waals surface area contributed by atoms with Crippen LogP contribution in [0.15, 0.2) is 73.1 Å². The van der Waals surface area contributed by atoms with E-state index in [0.29, 0.717) is 17.1 Å². The molecule has 180 valence electrons. The van der Waals surface area contributed by atoms with Gasteiger partial charge in [-0.15, -0.1) is 0 Å². The lowest BCUT2D eigenvalue weighted by Gasteiger charge is -2.24. The van der Waals surface area contributed by atoms with Crippen molar-refractivity contribution in [3.63, 3.8) is 0 Å². The molecule has 0 aliphatic carbocycles. The highest BCUT2D eigenvalue weighted by atomic mass is 35.5. The normalized spacial score (nSPS) is 12.2. The highest BCUT2D eigenvalue weighted by Gasteiger charge is 2.28. The lowest BCUT2D eigenvalue weighted by molar-refractivity contribution is -0.157. The molecule has 1 unspecified atom stereocenters. The van der Waals surface area contributed by atoms with Gasteiger partial charge in [0.25, 0.3) is 5.91 Å². The van der Waals surface area contributed by atoms with Gasteiger partial charge >= 0.3 is 5.97 Å². The number of benzene rings is 2. The summed E-state index contributed by atoms with van der Waals surface area (Å²) in [6.45, 7) is 5.39.